The molecule has 116 valence electrons. The standard InChI is InChI=1S/C16H16BrNO2S2/c17-11-6-7-13(19)10(8-11)9-14-15(20)18(16(21)22-14)12-4-2-1-3-5-12/h6-9,12,19H,1-5H2/b14-9+. The Labute approximate surface area is 147 Å². The van der Waals surface area contributed by atoms with Crippen molar-refractivity contribution >= 4 is 56.2 Å². The predicted molar refractivity (Wildman–Crippen MR) is 97.7 cm³/mol. The van der Waals surface area contributed by atoms with Crippen LogP contribution in [-0.4, -0.2) is 26.3 Å². The number of carbonyl (C=O) groups is 1. The van der Waals surface area contributed by atoms with E-state index in [2.05, 4.69) is 15.9 Å². The van der Waals surface area contributed by atoms with E-state index in [9.17, 15) is 9.90 Å². The SMILES string of the molecule is O=C1/C(=C\c2cc(Br)ccc2O)SC(=S)N1C1CCCCC1. The highest BCUT2D eigenvalue weighted by Gasteiger charge is 2.37. The van der Waals surface area contributed by atoms with Crippen LogP contribution in [0.2, 0.25) is 0 Å². The summed E-state index contributed by atoms with van der Waals surface area (Å²) in [5.41, 5.74) is 0.624. The summed E-state index contributed by atoms with van der Waals surface area (Å²) < 4.78 is 1.50. The van der Waals surface area contributed by atoms with Gasteiger partial charge in [-0.3, -0.25) is 9.69 Å². The van der Waals surface area contributed by atoms with Gasteiger partial charge in [0.15, 0.2) is 0 Å². The van der Waals surface area contributed by atoms with Crippen molar-refractivity contribution in [3.8, 4) is 5.75 Å². The minimum Gasteiger partial charge on any atom is -0.507 e. The maximum absolute atomic E-state index is 12.7. The van der Waals surface area contributed by atoms with Gasteiger partial charge in [0, 0.05) is 16.1 Å². The smallest absolute Gasteiger partial charge is 0.266 e. The molecule has 2 fully saturated rings. The maximum Gasteiger partial charge on any atom is 0.266 e. The van der Waals surface area contributed by atoms with E-state index in [0.717, 1.165) is 30.2 Å². The average Bonchev–Trinajstić information content (AvgIpc) is 2.78. The number of aromatic hydroxyl groups is 1. The summed E-state index contributed by atoms with van der Waals surface area (Å²) in [6.07, 6.45) is 7.35. The Hall–Kier alpha value is -0.850. The molecule has 1 aliphatic heterocycles. The van der Waals surface area contributed by atoms with Crippen LogP contribution in [0, 0.1) is 0 Å². The Bertz CT molecular complexity index is 654. The van der Waals surface area contributed by atoms with E-state index >= 15 is 0 Å². The third kappa shape index (κ3) is 3.24. The van der Waals surface area contributed by atoms with Gasteiger partial charge in [-0.05, 0) is 37.1 Å². The van der Waals surface area contributed by atoms with Crippen molar-refractivity contribution < 1.29 is 9.90 Å². The zero-order valence-corrected chi connectivity index (χ0v) is 15.1. The molecule has 1 saturated heterocycles. The monoisotopic (exact) mass is 397 g/mol. The fraction of sp³-hybridized carbons (Fsp3) is 0.375. The highest BCUT2D eigenvalue weighted by atomic mass is 79.9. The zero-order chi connectivity index (χ0) is 15.7. The molecule has 1 aromatic rings. The number of hydrogen-bond donors (Lipinski definition) is 1. The number of thioether (sulfide) groups is 1. The van der Waals surface area contributed by atoms with E-state index in [1.807, 2.05) is 0 Å². The minimum atomic E-state index is -0.0266. The largest absolute Gasteiger partial charge is 0.507 e. The third-order valence-corrected chi connectivity index (χ3v) is 5.86. The topological polar surface area (TPSA) is 40.5 Å². The summed E-state index contributed by atoms with van der Waals surface area (Å²) in [7, 11) is 0. The highest BCUT2D eigenvalue weighted by Crippen LogP contribution is 2.38. The van der Waals surface area contributed by atoms with Gasteiger partial charge in [-0.25, -0.2) is 0 Å². The molecule has 0 aromatic heterocycles. The number of hydrogen-bond acceptors (Lipinski definition) is 4. The first-order valence-corrected chi connectivity index (χ1v) is 9.33. The first kappa shape index (κ1) is 16.0. The average molecular weight is 398 g/mol. The van der Waals surface area contributed by atoms with E-state index in [4.69, 9.17) is 12.2 Å². The fourth-order valence-electron chi connectivity index (χ4n) is 2.92. The van der Waals surface area contributed by atoms with Crippen molar-refractivity contribution in [1.82, 2.24) is 4.90 Å². The van der Waals surface area contributed by atoms with Gasteiger partial charge in [-0.1, -0.05) is 59.2 Å². The summed E-state index contributed by atoms with van der Waals surface area (Å²) >= 11 is 10.1. The Kier molecular flexibility index (Phi) is 4.90. The van der Waals surface area contributed by atoms with Crippen LogP contribution < -0.4 is 0 Å². The third-order valence-electron chi connectivity index (χ3n) is 4.04. The zero-order valence-electron chi connectivity index (χ0n) is 11.9. The molecule has 1 saturated carbocycles. The second-order valence-corrected chi connectivity index (χ2v) is 8.14. The van der Waals surface area contributed by atoms with Crippen LogP contribution >= 0.6 is 39.9 Å². The van der Waals surface area contributed by atoms with E-state index in [1.54, 1.807) is 29.2 Å². The number of carbonyl (C=O) groups excluding carboxylic acids is 1. The summed E-state index contributed by atoms with van der Waals surface area (Å²) in [5.74, 6) is 0.132. The number of rotatable bonds is 2. The van der Waals surface area contributed by atoms with Crippen molar-refractivity contribution in [2.45, 2.75) is 38.1 Å². The van der Waals surface area contributed by atoms with Crippen molar-refractivity contribution in [2.75, 3.05) is 0 Å². The van der Waals surface area contributed by atoms with Gasteiger partial charge in [-0.2, -0.15) is 0 Å². The molecule has 22 heavy (non-hydrogen) atoms. The fourth-order valence-corrected chi connectivity index (χ4v) is 4.69. The number of thiocarbonyl (C=S) groups is 1. The number of nitrogens with zero attached hydrogens (tertiary/aromatic N) is 1. The molecule has 3 nitrogen and oxygen atoms in total. The molecule has 0 bridgehead atoms. The minimum absolute atomic E-state index is 0.0266. The van der Waals surface area contributed by atoms with E-state index in [1.165, 1.54) is 18.2 Å². The van der Waals surface area contributed by atoms with Gasteiger partial charge in [-0.15, -0.1) is 0 Å². The second-order valence-electron chi connectivity index (χ2n) is 5.55. The van der Waals surface area contributed by atoms with Gasteiger partial charge in [0.25, 0.3) is 5.91 Å². The summed E-state index contributed by atoms with van der Waals surface area (Å²) in [5, 5.41) is 9.93. The molecule has 6 heteroatoms. The number of phenols is 1. The molecule has 3 rings (SSSR count). The van der Waals surface area contributed by atoms with Gasteiger partial charge in [0.1, 0.15) is 10.1 Å². The molecule has 0 radical (unpaired) electrons. The van der Waals surface area contributed by atoms with E-state index in [-0.39, 0.29) is 17.7 Å². The highest BCUT2D eigenvalue weighted by molar-refractivity contribution is 9.10. The molecule has 1 aliphatic carbocycles. The van der Waals surface area contributed by atoms with Crippen LogP contribution in [0.3, 0.4) is 0 Å². The molecule has 0 unspecified atom stereocenters. The number of benzene rings is 1. The van der Waals surface area contributed by atoms with Crippen molar-refractivity contribution in [3.63, 3.8) is 0 Å². The number of halogens is 1. The Morgan fingerprint density at radius 1 is 1.32 bits per heavy atom. The lowest BCUT2D eigenvalue weighted by molar-refractivity contribution is -0.124. The van der Waals surface area contributed by atoms with Gasteiger partial charge >= 0.3 is 0 Å². The van der Waals surface area contributed by atoms with Crippen molar-refractivity contribution in [1.29, 1.82) is 0 Å². The van der Waals surface area contributed by atoms with E-state index < -0.39 is 0 Å². The number of phenolic OH excluding ortho intramolecular Hbond substituents is 1. The van der Waals surface area contributed by atoms with Crippen LogP contribution in [0.1, 0.15) is 37.7 Å². The first-order chi connectivity index (χ1) is 10.6. The maximum atomic E-state index is 12.7. The lowest BCUT2D eigenvalue weighted by Crippen LogP contribution is -2.39. The van der Waals surface area contributed by atoms with Crippen molar-refractivity contribution in [3.05, 3.63) is 33.1 Å². The summed E-state index contributed by atoms with van der Waals surface area (Å²) in [4.78, 5) is 15.0. The lowest BCUT2D eigenvalue weighted by atomic mass is 9.94. The molecular formula is C16H16BrNO2S2. The van der Waals surface area contributed by atoms with Crippen LogP contribution in [0.25, 0.3) is 6.08 Å². The van der Waals surface area contributed by atoms with Crippen LogP contribution in [-0.2, 0) is 4.79 Å². The van der Waals surface area contributed by atoms with Crippen LogP contribution in [0.15, 0.2) is 27.6 Å². The molecule has 2 aliphatic rings. The van der Waals surface area contributed by atoms with Crippen LogP contribution in [0.5, 0.6) is 5.75 Å². The molecule has 1 N–H and O–H groups in total. The Balaban J connectivity index is 1.86. The summed E-state index contributed by atoms with van der Waals surface area (Å²) in [6.45, 7) is 0. The molecular weight excluding hydrogens is 382 g/mol. The normalized spacial score (nSPS) is 21.9. The Morgan fingerprint density at radius 2 is 2.05 bits per heavy atom. The molecule has 0 atom stereocenters. The number of amides is 1. The predicted octanol–water partition coefficient (Wildman–Crippen LogP) is 4.69. The van der Waals surface area contributed by atoms with Gasteiger partial charge in [0.2, 0.25) is 0 Å². The summed E-state index contributed by atoms with van der Waals surface area (Å²) in [6, 6.07) is 5.41. The molecule has 1 aromatic carbocycles. The van der Waals surface area contributed by atoms with Crippen molar-refractivity contribution in [2.24, 2.45) is 0 Å². The van der Waals surface area contributed by atoms with E-state index in [0.29, 0.717) is 14.8 Å². The van der Waals surface area contributed by atoms with Gasteiger partial charge < -0.3 is 5.11 Å². The first-order valence-electron chi connectivity index (χ1n) is 7.32. The van der Waals surface area contributed by atoms with Crippen LogP contribution in [0.4, 0.5) is 0 Å². The molecule has 1 heterocycles. The quantitative estimate of drug-likeness (QED) is 0.580. The lowest BCUT2D eigenvalue weighted by Gasteiger charge is -2.29. The molecule has 0 spiro atoms. The Morgan fingerprint density at radius 3 is 2.77 bits per heavy atom. The second kappa shape index (κ2) is 6.72. The van der Waals surface area contributed by atoms with Gasteiger partial charge in [0.05, 0.1) is 4.91 Å². The molecule has 1 amide bonds.